The Kier molecular flexibility index (Phi) is 3.71. The summed E-state index contributed by atoms with van der Waals surface area (Å²) in [5.74, 6) is 0.369. The molecule has 20 heavy (non-hydrogen) atoms. The van der Waals surface area contributed by atoms with Crippen LogP contribution in [0.5, 0.6) is 5.75 Å². The van der Waals surface area contributed by atoms with Gasteiger partial charge in [0, 0.05) is 19.8 Å². The second-order valence-corrected chi connectivity index (χ2v) is 6.23. The van der Waals surface area contributed by atoms with Gasteiger partial charge in [0.2, 0.25) is 0 Å². The van der Waals surface area contributed by atoms with Gasteiger partial charge in [0.25, 0.3) is 0 Å². The first-order valence-electron chi connectivity index (χ1n) is 6.71. The van der Waals surface area contributed by atoms with Crippen LogP contribution < -0.4 is 9.64 Å². The zero-order chi connectivity index (χ0) is 14.9. The lowest BCUT2D eigenvalue weighted by atomic mass is 9.97. The average molecular weight is 271 g/mol. The van der Waals surface area contributed by atoms with Crippen LogP contribution in [0.4, 0.5) is 5.69 Å². The fourth-order valence-corrected chi connectivity index (χ4v) is 1.81. The lowest BCUT2D eigenvalue weighted by Crippen LogP contribution is -2.25. The molecule has 3 heteroatoms. The zero-order valence-electron chi connectivity index (χ0n) is 12.7. The normalized spacial score (nSPS) is 11.4. The summed E-state index contributed by atoms with van der Waals surface area (Å²) in [6, 6.07) is 11.9. The van der Waals surface area contributed by atoms with Gasteiger partial charge in [-0.3, -0.25) is 4.79 Å². The molecule has 0 bridgehead atoms. The maximum absolute atomic E-state index is 11.9. The second kappa shape index (κ2) is 5.16. The van der Waals surface area contributed by atoms with E-state index in [2.05, 4.69) is 18.2 Å². The molecule has 0 unspecified atom stereocenters. The quantitative estimate of drug-likeness (QED) is 0.613. The molecule has 0 radical (unpaired) electrons. The number of hydrogen-bond donors (Lipinski definition) is 0. The van der Waals surface area contributed by atoms with Gasteiger partial charge in [-0.05, 0) is 55.8 Å². The number of rotatable bonds is 2. The van der Waals surface area contributed by atoms with Crippen LogP contribution in [-0.2, 0) is 4.79 Å². The Labute approximate surface area is 120 Å². The summed E-state index contributed by atoms with van der Waals surface area (Å²) in [6.45, 7) is 5.54. The Morgan fingerprint density at radius 2 is 1.65 bits per heavy atom. The van der Waals surface area contributed by atoms with Gasteiger partial charge < -0.3 is 9.64 Å². The summed E-state index contributed by atoms with van der Waals surface area (Å²) in [6.07, 6.45) is 0. The first-order chi connectivity index (χ1) is 9.27. The van der Waals surface area contributed by atoms with Gasteiger partial charge in [-0.25, -0.2) is 0 Å². The van der Waals surface area contributed by atoms with Crippen molar-refractivity contribution in [1.29, 1.82) is 0 Å². The van der Waals surface area contributed by atoms with Crippen molar-refractivity contribution in [3.05, 3.63) is 36.4 Å². The van der Waals surface area contributed by atoms with Gasteiger partial charge in [0.15, 0.2) is 0 Å². The molecule has 0 aliphatic heterocycles. The number of ether oxygens (including phenoxy) is 1. The lowest BCUT2D eigenvalue weighted by molar-refractivity contribution is -0.142. The first-order valence-corrected chi connectivity index (χ1v) is 6.71. The highest BCUT2D eigenvalue weighted by atomic mass is 16.5. The van der Waals surface area contributed by atoms with Crippen LogP contribution in [0.3, 0.4) is 0 Å². The number of carbonyl (C=O) groups is 1. The van der Waals surface area contributed by atoms with Crippen molar-refractivity contribution in [1.82, 2.24) is 0 Å². The van der Waals surface area contributed by atoms with Gasteiger partial charge >= 0.3 is 5.97 Å². The molecule has 0 saturated heterocycles. The number of hydrogen-bond acceptors (Lipinski definition) is 3. The van der Waals surface area contributed by atoms with Crippen molar-refractivity contribution in [2.45, 2.75) is 20.8 Å². The molecule has 0 heterocycles. The van der Waals surface area contributed by atoms with Crippen molar-refractivity contribution < 1.29 is 9.53 Å². The smallest absolute Gasteiger partial charge is 0.316 e. The first kappa shape index (κ1) is 14.4. The molecule has 0 saturated carbocycles. The van der Waals surface area contributed by atoms with Crippen molar-refractivity contribution >= 4 is 22.4 Å². The fourth-order valence-electron chi connectivity index (χ4n) is 1.81. The van der Waals surface area contributed by atoms with Gasteiger partial charge in [-0.2, -0.15) is 0 Å². The van der Waals surface area contributed by atoms with Crippen molar-refractivity contribution in [3.8, 4) is 5.75 Å². The molecule has 0 aromatic heterocycles. The van der Waals surface area contributed by atoms with Crippen molar-refractivity contribution in [2.75, 3.05) is 19.0 Å². The Morgan fingerprint density at radius 3 is 2.25 bits per heavy atom. The molecular weight excluding hydrogens is 250 g/mol. The van der Waals surface area contributed by atoms with Gasteiger partial charge in [0.05, 0.1) is 5.41 Å². The Hall–Kier alpha value is -2.03. The number of carbonyl (C=O) groups excluding carboxylic acids is 1. The maximum Gasteiger partial charge on any atom is 0.316 e. The SMILES string of the molecule is CN(C)c1ccc2ccc(OC(=O)C(C)(C)C)cc2c1. The van der Waals surface area contributed by atoms with E-state index in [0.717, 1.165) is 16.5 Å². The van der Waals surface area contributed by atoms with E-state index in [-0.39, 0.29) is 5.97 Å². The van der Waals surface area contributed by atoms with E-state index in [0.29, 0.717) is 5.75 Å². The third-order valence-corrected chi connectivity index (χ3v) is 3.13. The number of esters is 1. The minimum Gasteiger partial charge on any atom is -0.426 e. The van der Waals surface area contributed by atoms with Gasteiger partial charge in [-0.15, -0.1) is 0 Å². The van der Waals surface area contributed by atoms with E-state index in [9.17, 15) is 4.79 Å². The highest BCUT2D eigenvalue weighted by molar-refractivity contribution is 5.88. The zero-order valence-corrected chi connectivity index (χ0v) is 12.7. The minimum absolute atomic E-state index is 0.222. The molecule has 106 valence electrons. The summed E-state index contributed by atoms with van der Waals surface area (Å²) in [4.78, 5) is 14.0. The van der Waals surface area contributed by atoms with Crippen molar-refractivity contribution in [3.63, 3.8) is 0 Å². The molecule has 0 amide bonds. The molecule has 2 rings (SSSR count). The number of benzene rings is 2. The van der Waals surface area contributed by atoms with Crippen molar-refractivity contribution in [2.24, 2.45) is 5.41 Å². The molecule has 0 fully saturated rings. The van der Waals surface area contributed by atoms with Gasteiger partial charge in [0.1, 0.15) is 5.75 Å². The number of anilines is 1. The van der Waals surface area contributed by atoms with Gasteiger partial charge in [-0.1, -0.05) is 12.1 Å². The summed E-state index contributed by atoms with van der Waals surface area (Å²) < 4.78 is 5.43. The topological polar surface area (TPSA) is 29.5 Å². The average Bonchev–Trinajstić information content (AvgIpc) is 2.36. The third-order valence-electron chi connectivity index (χ3n) is 3.13. The molecule has 0 atom stereocenters. The fraction of sp³-hybridized carbons (Fsp3) is 0.353. The van der Waals surface area contributed by atoms with Crippen LogP contribution in [-0.4, -0.2) is 20.1 Å². The summed E-state index contributed by atoms with van der Waals surface area (Å²) in [7, 11) is 4.01. The van der Waals surface area contributed by atoms with E-state index >= 15 is 0 Å². The predicted octanol–water partition coefficient (Wildman–Crippen LogP) is 3.86. The van der Waals surface area contributed by atoms with E-state index < -0.39 is 5.41 Å². The second-order valence-electron chi connectivity index (χ2n) is 6.23. The molecule has 0 N–H and O–H groups in total. The maximum atomic E-state index is 11.9. The highest BCUT2D eigenvalue weighted by Gasteiger charge is 2.23. The standard InChI is InChI=1S/C17H21NO2/c1-17(2,3)16(19)20-15-9-7-12-6-8-14(18(4)5)10-13(12)11-15/h6-11H,1-5H3. The number of fused-ring (bicyclic) bond motifs is 1. The Balaban J connectivity index is 2.35. The van der Waals surface area contributed by atoms with E-state index in [4.69, 9.17) is 4.74 Å². The number of nitrogens with zero attached hydrogens (tertiary/aromatic N) is 1. The minimum atomic E-state index is -0.500. The Morgan fingerprint density at radius 1 is 1.00 bits per heavy atom. The van der Waals surface area contributed by atoms with Crippen LogP contribution in [0.1, 0.15) is 20.8 Å². The van der Waals surface area contributed by atoms with E-state index in [1.165, 1.54) is 0 Å². The Bertz CT molecular complexity index is 639. The molecule has 0 spiro atoms. The lowest BCUT2D eigenvalue weighted by Gasteiger charge is -2.17. The highest BCUT2D eigenvalue weighted by Crippen LogP contribution is 2.26. The molecule has 0 aliphatic carbocycles. The third kappa shape index (κ3) is 3.10. The molecular formula is C17H21NO2. The summed E-state index contributed by atoms with van der Waals surface area (Å²) in [5, 5.41) is 2.20. The predicted molar refractivity (Wildman–Crippen MR) is 83.4 cm³/mol. The van der Waals surface area contributed by atoms with Crippen LogP contribution in [0.15, 0.2) is 36.4 Å². The van der Waals surface area contributed by atoms with E-state index in [1.54, 1.807) is 0 Å². The van der Waals surface area contributed by atoms with Crippen LogP contribution in [0, 0.1) is 5.41 Å². The van der Waals surface area contributed by atoms with E-state index in [1.807, 2.05) is 58.0 Å². The van der Waals surface area contributed by atoms with Crippen LogP contribution >= 0.6 is 0 Å². The van der Waals surface area contributed by atoms with Crippen LogP contribution in [0.2, 0.25) is 0 Å². The molecule has 2 aromatic carbocycles. The summed E-state index contributed by atoms with van der Waals surface area (Å²) in [5.41, 5.74) is 0.622. The molecule has 0 aliphatic rings. The monoisotopic (exact) mass is 271 g/mol. The van der Waals surface area contributed by atoms with Crippen LogP contribution in [0.25, 0.3) is 10.8 Å². The largest absolute Gasteiger partial charge is 0.426 e. The molecule has 2 aromatic rings. The summed E-state index contributed by atoms with van der Waals surface area (Å²) >= 11 is 0. The molecule has 3 nitrogen and oxygen atoms in total.